The molecule has 1 heterocycles. The number of nitrogens with zero attached hydrogens (tertiary/aromatic N) is 2. The van der Waals surface area contributed by atoms with Crippen molar-refractivity contribution in [1.29, 1.82) is 0 Å². The van der Waals surface area contributed by atoms with Crippen LogP contribution in [0, 0.1) is 5.82 Å². The third kappa shape index (κ3) is 5.10. The van der Waals surface area contributed by atoms with Crippen LogP contribution in [0.2, 0.25) is 5.02 Å². The predicted molar refractivity (Wildman–Crippen MR) is 115 cm³/mol. The summed E-state index contributed by atoms with van der Waals surface area (Å²) in [6.07, 6.45) is 4.35. The number of rotatable bonds is 6. The first-order valence-electron chi connectivity index (χ1n) is 9.10. The highest BCUT2D eigenvalue weighted by Crippen LogP contribution is 2.26. The van der Waals surface area contributed by atoms with Gasteiger partial charge < -0.3 is 9.84 Å². The lowest BCUT2D eigenvalue weighted by molar-refractivity contribution is -0.137. The van der Waals surface area contributed by atoms with Crippen LogP contribution >= 0.6 is 11.6 Å². The van der Waals surface area contributed by atoms with E-state index in [-0.39, 0.29) is 17.7 Å². The molecule has 1 N–H and O–H groups in total. The maximum absolute atomic E-state index is 14.8. The number of hydrogen-bond acceptors (Lipinski definition) is 5. The predicted octanol–water partition coefficient (Wildman–Crippen LogP) is 5.78. The van der Waals surface area contributed by atoms with E-state index >= 15 is 0 Å². The van der Waals surface area contributed by atoms with Crippen molar-refractivity contribution in [2.24, 2.45) is 4.99 Å². The number of aliphatic hydroxyl groups is 1. The average Bonchev–Trinajstić information content (AvgIpc) is 2.76. The number of aliphatic imine (C=N–C) groups is 1. The number of halogens is 2. The number of ether oxygens (including phenoxy) is 1. The van der Waals surface area contributed by atoms with E-state index < -0.39 is 17.5 Å². The van der Waals surface area contributed by atoms with E-state index in [2.05, 4.69) is 9.98 Å². The monoisotopic (exact) mass is 424 g/mol. The number of aliphatic hydroxyl groups excluding tert-OH is 1. The minimum Gasteiger partial charge on any atom is -0.506 e. The second-order valence-electron chi connectivity index (χ2n) is 6.15. The summed E-state index contributed by atoms with van der Waals surface area (Å²) in [5, 5.41) is 11.2. The van der Waals surface area contributed by atoms with Crippen molar-refractivity contribution in [3.05, 3.63) is 89.0 Å². The van der Waals surface area contributed by atoms with Crippen LogP contribution in [0.3, 0.4) is 0 Å². The van der Waals surface area contributed by atoms with E-state index in [1.165, 1.54) is 12.1 Å². The van der Waals surface area contributed by atoms with Crippen molar-refractivity contribution in [2.75, 3.05) is 6.61 Å². The Morgan fingerprint density at radius 3 is 2.47 bits per heavy atom. The lowest BCUT2D eigenvalue weighted by Gasteiger charge is -2.09. The highest BCUT2D eigenvalue weighted by molar-refractivity contribution is 6.30. The number of benzene rings is 2. The van der Waals surface area contributed by atoms with E-state index in [1.807, 2.05) is 0 Å². The molecular weight excluding hydrogens is 407 g/mol. The third-order valence-corrected chi connectivity index (χ3v) is 4.41. The Morgan fingerprint density at radius 1 is 1.13 bits per heavy atom. The molecule has 0 spiro atoms. The molecule has 0 saturated carbocycles. The number of pyridine rings is 1. The van der Waals surface area contributed by atoms with E-state index in [0.717, 1.165) is 11.8 Å². The lowest BCUT2D eigenvalue weighted by atomic mass is 10.0. The molecule has 1 aromatic heterocycles. The minimum atomic E-state index is -0.815. The number of aromatic nitrogens is 1. The van der Waals surface area contributed by atoms with Crippen molar-refractivity contribution in [2.45, 2.75) is 6.92 Å². The van der Waals surface area contributed by atoms with Gasteiger partial charge in [-0.25, -0.2) is 9.18 Å². The molecule has 0 atom stereocenters. The molecule has 0 radical (unpaired) electrons. The minimum absolute atomic E-state index is 0.0911. The van der Waals surface area contributed by atoms with Crippen molar-refractivity contribution < 1.29 is 19.0 Å². The van der Waals surface area contributed by atoms with Gasteiger partial charge in [0.15, 0.2) is 0 Å². The molecule has 0 saturated heterocycles. The van der Waals surface area contributed by atoms with E-state index in [0.29, 0.717) is 16.3 Å². The standard InChI is InChI=1S/C23H18ClFN2O3/c1-2-30-23(29)20(14-27-18-6-4-17(24)5-7-18)22(28)19-8-3-16(13-21(19)25)15-9-11-26-12-10-15/h3-14,28H,2H2,1H3/b22-20+,27-14?. The van der Waals surface area contributed by atoms with Gasteiger partial charge in [0.2, 0.25) is 0 Å². The Labute approximate surface area is 178 Å². The summed E-state index contributed by atoms with van der Waals surface area (Å²) in [7, 11) is 0. The summed E-state index contributed by atoms with van der Waals surface area (Å²) in [6, 6.07) is 14.4. The van der Waals surface area contributed by atoms with Gasteiger partial charge in [-0.3, -0.25) is 9.98 Å². The maximum atomic E-state index is 14.8. The van der Waals surface area contributed by atoms with Crippen LogP contribution in [-0.2, 0) is 9.53 Å². The zero-order chi connectivity index (χ0) is 21.5. The van der Waals surface area contributed by atoms with E-state index in [1.54, 1.807) is 61.8 Å². The molecule has 0 fully saturated rings. The third-order valence-electron chi connectivity index (χ3n) is 4.16. The summed E-state index contributed by atoms with van der Waals surface area (Å²) in [4.78, 5) is 20.4. The largest absolute Gasteiger partial charge is 0.506 e. The second kappa shape index (κ2) is 9.80. The van der Waals surface area contributed by atoms with Crippen LogP contribution < -0.4 is 0 Å². The first-order valence-corrected chi connectivity index (χ1v) is 9.47. The van der Waals surface area contributed by atoms with Gasteiger partial charge in [0.1, 0.15) is 17.1 Å². The van der Waals surface area contributed by atoms with Crippen molar-refractivity contribution in [3.63, 3.8) is 0 Å². The summed E-state index contributed by atoms with van der Waals surface area (Å²) in [5.74, 6) is -2.07. The molecule has 0 amide bonds. The first-order chi connectivity index (χ1) is 14.5. The molecule has 0 aliphatic rings. The summed E-state index contributed by atoms with van der Waals surface area (Å²) in [5.41, 5.74) is 1.48. The number of carbonyl (C=O) groups excluding carboxylic acids is 1. The Bertz CT molecular complexity index is 1100. The van der Waals surface area contributed by atoms with Crippen molar-refractivity contribution in [3.8, 4) is 11.1 Å². The molecular formula is C23H18ClFN2O3. The van der Waals surface area contributed by atoms with Crippen LogP contribution in [0.5, 0.6) is 0 Å². The average molecular weight is 425 g/mol. The van der Waals surface area contributed by atoms with Crippen LogP contribution in [0.1, 0.15) is 12.5 Å². The van der Waals surface area contributed by atoms with Crippen LogP contribution in [-0.4, -0.2) is 28.9 Å². The van der Waals surface area contributed by atoms with Gasteiger partial charge in [-0.05, 0) is 66.6 Å². The summed E-state index contributed by atoms with van der Waals surface area (Å²) >= 11 is 5.85. The molecule has 3 aromatic rings. The Hall–Kier alpha value is -3.51. The molecule has 5 nitrogen and oxygen atoms in total. The normalized spacial score (nSPS) is 12.0. The summed E-state index contributed by atoms with van der Waals surface area (Å²) in [6.45, 7) is 1.72. The highest BCUT2D eigenvalue weighted by Gasteiger charge is 2.19. The number of carbonyl (C=O) groups is 1. The van der Waals surface area contributed by atoms with Gasteiger partial charge in [0.25, 0.3) is 0 Å². The number of hydrogen-bond donors (Lipinski definition) is 1. The van der Waals surface area contributed by atoms with Gasteiger partial charge >= 0.3 is 5.97 Å². The second-order valence-corrected chi connectivity index (χ2v) is 6.58. The Morgan fingerprint density at radius 2 is 1.83 bits per heavy atom. The Balaban J connectivity index is 2.00. The zero-order valence-electron chi connectivity index (χ0n) is 16.0. The molecule has 0 bridgehead atoms. The fourth-order valence-electron chi connectivity index (χ4n) is 2.66. The zero-order valence-corrected chi connectivity index (χ0v) is 16.8. The fraction of sp³-hybridized carbons (Fsp3) is 0.0870. The molecule has 3 rings (SSSR count). The smallest absolute Gasteiger partial charge is 0.343 e. The van der Waals surface area contributed by atoms with Crippen molar-refractivity contribution in [1.82, 2.24) is 4.98 Å². The van der Waals surface area contributed by atoms with Crippen molar-refractivity contribution >= 4 is 35.2 Å². The maximum Gasteiger partial charge on any atom is 0.343 e. The fourth-order valence-corrected chi connectivity index (χ4v) is 2.79. The molecule has 0 aliphatic carbocycles. The van der Waals surface area contributed by atoms with Crippen LogP contribution in [0.25, 0.3) is 16.9 Å². The van der Waals surface area contributed by atoms with Gasteiger partial charge in [0, 0.05) is 23.6 Å². The summed E-state index contributed by atoms with van der Waals surface area (Å²) < 4.78 is 19.8. The quantitative estimate of drug-likeness (QED) is 0.236. The molecule has 152 valence electrons. The number of esters is 1. The lowest BCUT2D eigenvalue weighted by Crippen LogP contribution is -2.11. The topological polar surface area (TPSA) is 71.8 Å². The van der Waals surface area contributed by atoms with Crippen LogP contribution in [0.15, 0.2) is 77.6 Å². The molecule has 0 aliphatic heterocycles. The highest BCUT2D eigenvalue weighted by atomic mass is 35.5. The Kier molecular flexibility index (Phi) is 6.93. The van der Waals surface area contributed by atoms with Gasteiger partial charge in [-0.2, -0.15) is 0 Å². The molecule has 30 heavy (non-hydrogen) atoms. The van der Waals surface area contributed by atoms with Crippen LogP contribution in [0.4, 0.5) is 10.1 Å². The van der Waals surface area contributed by atoms with Gasteiger partial charge in [-0.15, -0.1) is 0 Å². The van der Waals surface area contributed by atoms with E-state index in [9.17, 15) is 14.3 Å². The van der Waals surface area contributed by atoms with Gasteiger partial charge in [0.05, 0.1) is 17.9 Å². The SMILES string of the molecule is CCOC(=O)/C(C=Nc1ccc(Cl)cc1)=C(/O)c1ccc(-c2ccncc2)cc1F. The molecule has 2 aromatic carbocycles. The first kappa shape index (κ1) is 21.2. The van der Waals surface area contributed by atoms with E-state index in [4.69, 9.17) is 16.3 Å². The molecule has 7 heteroatoms. The van der Waals surface area contributed by atoms with Gasteiger partial charge in [-0.1, -0.05) is 17.7 Å². The molecule has 0 unspecified atom stereocenters.